The molecule has 0 spiro atoms. The number of imide groups is 2. The Labute approximate surface area is 273 Å². The molecule has 4 aliphatic rings. The van der Waals surface area contributed by atoms with E-state index < -0.39 is 57.0 Å². The summed E-state index contributed by atoms with van der Waals surface area (Å²) in [5.41, 5.74) is 2.88. The Balaban J connectivity index is 1.39. The van der Waals surface area contributed by atoms with E-state index in [0.29, 0.717) is 27.4 Å². The third kappa shape index (κ3) is 4.01. The van der Waals surface area contributed by atoms with Gasteiger partial charge in [-0.15, -0.1) is 23.2 Å². The average molecular weight is 668 g/mol. The van der Waals surface area contributed by atoms with E-state index in [0.717, 1.165) is 27.5 Å². The van der Waals surface area contributed by atoms with Crippen molar-refractivity contribution < 1.29 is 28.7 Å². The zero-order valence-corrected chi connectivity index (χ0v) is 26.3. The normalized spacial score (nSPS) is 30.8. The number of alkyl halides is 2. The van der Waals surface area contributed by atoms with Gasteiger partial charge in [0.2, 0.25) is 11.8 Å². The third-order valence-electron chi connectivity index (χ3n) is 9.86. The van der Waals surface area contributed by atoms with Gasteiger partial charge in [-0.25, -0.2) is 14.2 Å². The summed E-state index contributed by atoms with van der Waals surface area (Å²) in [6.45, 7) is 3.51. The van der Waals surface area contributed by atoms with Gasteiger partial charge in [0.25, 0.3) is 11.8 Å². The summed E-state index contributed by atoms with van der Waals surface area (Å²) >= 11 is 21.1. The highest BCUT2D eigenvalue weighted by Gasteiger charge is 2.76. The number of phenols is 1. The smallest absolute Gasteiger partial charge is 0.258 e. The molecule has 1 N–H and O–H groups in total. The first-order valence-corrected chi connectivity index (χ1v) is 15.6. The third-order valence-corrected chi connectivity index (χ3v) is 11.7. The molecule has 3 fully saturated rings. The molecule has 230 valence electrons. The van der Waals surface area contributed by atoms with Crippen LogP contribution in [0.15, 0.2) is 72.3 Å². The highest BCUT2D eigenvalue weighted by atomic mass is 35.5. The number of nitrogens with zero attached hydrogens (tertiary/aromatic N) is 2. The van der Waals surface area contributed by atoms with Crippen LogP contribution in [0, 0.1) is 37.4 Å². The molecule has 0 bridgehead atoms. The van der Waals surface area contributed by atoms with Gasteiger partial charge in [0, 0.05) is 10.9 Å². The van der Waals surface area contributed by atoms with Crippen LogP contribution >= 0.6 is 34.8 Å². The number of fused-ring (bicyclic) bond motifs is 4. The number of benzene rings is 3. The molecule has 6 atom stereocenters. The first-order valence-electron chi connectivity index (χ1n) is 14.5. The molecular formula is C34H26Cl3FN2O5. The van der Waals surface area contributed by atoms with Crippen LogP contribution in [0.3, 0.4) is 0 Å². The number of anilines is 2. The van der Waals surface area contributed by atoms with Gasteiger partial charge in [-0.3, -0.25) is 19.2 Å². The van der Waals surface area contributed by atoms with E-state index in [9.17, 15) is 28.7 Å². The number of rotatable bonds is 3. The lowest BCUT2D eigenvalue weighted by Crippen LogP contribution is -2.60. The topological polar surface area (TPSA) is 95.0 Å². The summed E-state index contributed by atoms with van der Waals surface area (Å²) in [6, 6.07) is 14.6. The van der Waals surface area contributed by atoms with Crippen LogP contribution in [-0.4, -0.2) is 38.5 Å². The number of carbonyl (C=O) groups excluding carboxylic acids is 4. The van der Waals surface area contributed by atoms with Crippen LogP contribution < -0.4 is 9.80 Å². The first-order chi connectivity index (χ1) is 21.3. The molecule has 3 aromatic rings. The van der Waals surface area contributed by atoms with Gasteiger partial charge < -0.3 is 5.11 Å². The van der Waals surface area contributed by atoms with Crippen molar-refractivity contribution in [3.8, 4) is 5.75 Å². The standard InChI is InChI=1S/C34H26Cl3FN2O5/c1-16-3-7-21(14-25(16)35)39-29(42)23-11-10-22-24(27(23)30(39)43)15-33(36)31(44)40(20-8-5-19(38)6-9-20)32(45)34(33,37)28(22)18-4-12-26(41)17(2)13-18/h3-10,12-14,23-24,27-28,41H,11,15H2,1-2H3. The second-order valence-electron chi connectivity index (χ2n) is 12.2. The first kappa shape index (κ1) is 30.0. The summed E-state index contributed by atoms with van der Waals surface area (Å²) in [4.78, 5) is 54.6. The fourth-order valence-electron chi connectivity index (χ4n) is 7.61. The molecule has 2 aliphatic carbocycles. The summed E-state index contributed by atoms with van der Waals surface area (Å²) < 4.78 is 13.8. The number of halogens is 4. The van der Waals surface area contributed by atoms with E-state index in [1.165, 1.54) is 18.2 Å². The maximum Gasteiger partial charge on any atom is 0.258 e. The van der Waals surface area contributed by atoms with Gasteiger partial charge in [-0.2, -0.15) is 0 Å². The Bertz CT molecular complexity index is 1880. The molecule has 2 aliphatic heterocycles. The van der Waals surface area contributed by atoms with Gasteiger partial charge in [0.1, 0.15) is 11.6 Å². The Morgan fingerprint density at radius 3 is 2.18 bits per heavy atom. The van der Waals surface area contributed by atoms with Crippen LogP contribution in [0.4, 0.5) is 15.8 Å². The molecule has 0 radical (unpaired) electrons. The fourth-order valence-corrected chi connectivity index (χ4v) is 8.72. The monoisotopic (exact) mass is 666 g/mol. The molecule has 3 aromatic carbocycles. The van der Waals surface area contributed by atoms with Crippen LogP contribution in [0.1, 0.15) is 35.4 Å². The predicted octanol–water partition coefficient (Wildman–Crippen LogP) is 6.57. The van der Waals surface area contributed by atoms with Crippen LogP contribution in [-0.2, 0) is 19.2 Å². The minimum atomic E-state index is -2.05. The maximum absolute atomic E-state index is 14.4. The molecular weight excluding hydrogens is 642 g/mol. The number of hydrogen-bond donors (Lipinski definition) is 1. The molecule has 7 nitrogen and oxygen atoms in total. The van der Waals surface area contributed by atoms with Crippen LogP contribution in [0.5, 0.6) is 5.75 Å². The lowest BCUT2D eigenvalue weighted by atomic mass is 9.56. The van der Waals surface area contributed by atoms with E-state index in [4.69, 9.17) is 34.8 Å². The molecule has 2 heterocycles. The van der Waals surface area contributed by atoms with Crippen molar-refractivity contribution in [1.29, 1.82) is 0 Å². The van der Waals surface area contributed by atoms with Crippen molar-refractivity contribution >= 4 is 69.8 Å². The SMILES string of the molecule is Cc1cc(C2C3=CCC4C(=O)N(c5ccc(C)c(Cl)c5)C(=O)C4C3CC3(Cl)C(=O)N(c4ccc(F)cc4)C(=O)C23Cl)ccc1O. The fraction of sp³-hybridized carbons (Fsp3) is 0.294. The van der Waals surface area contributed by atoms with Gasteiger partial charge >= 0.3 is 0 Å². The number of aromatic hydroxyl groups is 1. The van der Waals surface area contributed by atoms with E-state index in [-0.39, 0.29) is 30.2 Å². The van der Waals surface area contributed by atoms with E-state index >= 15 is 0 Å². The van der Waals surface area contributed by atoms with Crippen LogP contribution in [0.2, 0.25) is 5.02 Å². The number of aryl methyl sites for hydroxylation is 2. The zero-order chi connectivity index (χ0) is 32.2. The number of hydrogen-bond acceptors (Lipinski definition) is 5. The Hall–Kier alpha value is -3.72. The van der Waals surface area contributed by atoms with Crippen molar-refractivity contribution in [3.05, 3.63) is 99.8 Å². The second kappa shape index (κ2) is 10.1. The minimum Gasteiger partial charge on any atom is -0.508 e. The zero-order valence-electron chi connectivity index (χ0n) is 24.1. The molecule has 11 heteroatoms. The van der Waals surface area contributed by atoms with Crippen molar-refractivity contribution in [3.63, 3.8) is 0 Å². The number of allylic oxidation sites excluding steroid dienone is 2. The van der Waals surface area contributed by atoms with Gasteiger partial charge in [-0.1, -0.05) is 41.4 Å². The highest BCUT2D eigenvalue weighted by molar-refractivity contribution is 6.58. The lowest BCUT2D eigenvalue weighted by molar-refractivity contribution is -0.125. The molecule has 1 saturated carbocycles. The lowest BCUT2D eigenvalue weighted by Gasteiger charge is -2.50. The highest BCUT2D eigenvalue weighted by Crippen LogP contribution is 2.66. The number of carbonyl (C=O) groups is 4. The van der Waals surface area contributed by atoms with Crippen molar-refractivity contribution in [1.82, 2.24) is 0 Å². The molecule has 7 rings (SSSR count). The summed E-state index contributed by atoms with van der Waals surface area (Å²) in [5, 5.41) is 10.7. The summed E-state index contributed by atoms with van der Waals surface area (Å²) in [7, 11) is 0. The van der Waals surface area contributed by atoms with Gasteiger partial charge in [0.05, 0.1) is 23.2 Å². The average Bonchev–Trinajstić information content (AvgIpc) is 3.34. The Morgan fingerprint density at radius 2 is 1.51 bits per heavy atom. The van der Waals surface area contributed by atoms with Crippen LogP contribution in [0.25, 0.3) is 0 Å². The summed E-state index contributed by atoms with van der Waals surface area (Å²) in [5.74, 6) is -6.26. The van der Waals surface area contributed by atoms with Crippen molar-refractivity contribution in [2.75, 3.05) is 9.80 Å². The Morgan fingerprint density at radius 1 is 0.822 bits per heavy atom. The Kier molecular flexibility index (Phi) is 6.75. The molecule has 6 unspecified atom stereocenters. The minimum absolute atomic E-state index is 0.0234. The van der Waals surface area contributed by atoms with Gasteiger partial charge in [-0.05, 0) is 91.8 Å². The van der Waals surface area contributed by atoms with Crippen molar-refractivity contribution in [2.24, 2.45) is 17.8 Å². The summed E-state index contributed by atoms with van der Waals surface area (Å²) in [6.07, 6.45) is 1.85. The molecule has 45 heavy (non-hydrogen) atoms. The predicted molar refractivity (Wildman–Crippen MR) is 168 cm³/mol. The molecule has 4 amide bonds. The maximum atomic E-state index is 14.4. The quantitative estimate of drug-likeness (QED) is 0.194. The van der Waals surface area contributed by atoms with Gasteiger partial charge in [0.15, 0.2) is 9.75 Å². The number of phenolic OH excluding ortho intramolecular Hbond substituents is 1. The molecule has 2 saturated heterocycles. The largest absolute Gasteiger partial charge is 0.508 e. The van der Waals surface area contributed by atoms with E-state index in [1.807, 2.05) is 13.0 Å². The van der Waals surface area contributed by atoms with E-state index in [1.54, 1.807) is 37.3 Å². The number of amides is 4. The second-order valence-corrected chi connectivity index (χ2v) is 13.9. The van der Waals surface area contributed by atoms with E-state index in [2.05, 4.69) is 0 Å². The van der Waals surface area contributed by atoms with Crippen molar-refractivity contribution in [2.45, 2.75) is 42.4 Å². The molecule has 0 aromatic heterocycles.